The number of hydrogen-bond donors (Lipinski definition) is 1. The van der Waals surface area contributed by atoms with Gasteiger partial charge in [0.1, 0.15) is 0 Å². The van der Waals surface area contributed by atoms with Gasteiger partial charge in [0.2, 0.25) is 0 Å². The third-order valence-electron chi connectivity index (χ3n) is 6.67. The summed E-state index contributed by atoms with van der Waals surface area (Å²) in [6, 6.07) is 18.8. The summed E-state index contributed by atoms with van der Waals surface area (Å²) in [6.45, 7) is 0.852. The van der Waals surface area contributed by atoms with Crippen molar-refractivity contribution in [1.29, 1.82) is 0 Å². The molecule has 2 heterocycles. The second-order valence-corrected chi connectivity index (χ2v) is 9.27. The number of fused-ring (bicyclic) bond motifs is 1. The van der Waals surface area contributed by atoms with Crippen molar-refractivity contribution < 1.29 is 23.5 Å². The van der Waals surface area contributed by atoms with Crippen molar-refractivity contribution in [3.05, 3.63) is 95.2 Å². The molecule has 6 nitrogen and oxygen atoms in total. The molecule has 5 rings (SSSR count). The number of carboxylic acid groups (broad SMARTS) is 1. The smallest absolute Gasteiger partial charge is 0.303 e. The van der Waals surface area contributed by atoms with Crippen LogP contribution in [0.15, 0.2) is 66.7 Å². The van der Waals surface area contributed by atoms with E-state index in [-0.39, 0.29) is 18.2 Å². The molecule has 4 aromatic rings. The molecule has 1 saturated heterocycles. The molecule has 188 valence electrons. The quantitative estimate of drug-likeness (QED) is 0.317. The largest absolute Gasteiger partial charge is 0.481 e. The SMILES string of the molecule is O=C(O)CCCCc1nc2cc(C(=O)N3CC(c4ccc(F)c(F)c4)C3)ccc2nc1-c1ccccc1. The van der Waals surface area contributed by atoms with Gasteiger partial charge in [-0.15, -0.1) is 0 Å². The number of likely N-dealkylation sites (tertiary alicyclic amines) is 1. The van der Waals surface area contributed by atoms with Crippen molar-refractivity contribution in [1.82, 2.24) is 14.9 Å². The fraction of sp³-hybridized carbons (Fsp3) is 0.241. The lowest BCUT2D eigenvalue weighted by Gasteiger charge is -2.39. The number of benzene rings is 3. The minimum Gasteiger partial charge on any atom is -0.481 e. The van der Waals surface area contributed by atoms with Gasteiger partial charge in [-0.2, -0.15) is 0 Å². The number of aryl methyl sites for hydroxylation is 1. The predicted molar refractivity (Wildman–Crippen MR) is 135 cm³/mol. The van der Waals surface area contributed by atoms with E-state index >= 15 is 0 Å². The average molecular weight is 502 g/mol. The minimum atomic E-state index is -0.885. The fourth-order valence-corrected chi connectivity index (χ4v) is 4.60. The highest BCUT2D eigenvalue weighted by Gasteiger charge is 2.32. The summed E-state index contributed by atoms with van der Waals surface area (Å²) in [5.74, 6) is -2.79. The van der Waals surface area contributed by atoms with Crippen LogP contribution in [0.25, 0.3) is 22.3 Å². The highest BCUT2D eigenvalue weighted by atomic mass is 19.2. The maximum absolute atomic E-state index is 13.6. The van der Waals surface area contributed by atoms with Gasteiger partial charge in [-0.3, -0.25) is 9.59 Å². The molecule has 1 amide bonds. The molecule has 1 fully saturated rings. The molecule has 3 aromatic carbocycles. The van der Waals surface area contributed by atoms with E-state index in [1.54, 1.807) is 29.2 Å². The van der Waals surface area contributed by atoms with E-state index in [2.05, 4.69) is 0 Å². The summed E-state index contributed by atoms with van der Waals surface area (Å²) in [5, 5.41) is 8.95. The molecule has 37 heavy (non-hydrogen) atoms. The Morgan fingerprint density at radius 3 is 2.41 bits per heavy atom. The Morgan fingerprint density at radius 2 is 1.68 bits per heavy atom. The van der Waals surface area contributed by atoms with Crippen molar-refractivity contribution in [2.24, 2.45) is 0 Å². The lowest BCUT2D eigenvalue weighted by molar-refractivity contribution is -0.137. The number of carboxylic acids is 1. The maximum atomic E-state index is 13.6. The number of unbranched alkanes of at least 4 members (excludes halogenated alkanes) is 1. The first kappa shape index (κ1) is 24.5. The van der Waals surface area contributed by atoms with E-state index in [1.165, 1.54) is 6.07 Å². The maximum Gasteiger partial charge on any atom is 0.303 e. The molecule has 0 spiro atoms. The van der Waals surface area contributed by atoms with Gasteiger partial charge >= 0.3 is 5.97 Å². The van der Waals surface area contributed by atoms with Crippen molar-refractivity contribution >= 4 is 22.9 Å². The van der Waals surface area contributed by atoms with Crippen LogP contribution in [0.2, 0.25) is 0 Å². The first-order valence-corrected chi connectivity index (χ1v) is 12.2. The van der Waals surface area contributed by atoms with Crippen LogP contribution in [0.5, 0.6) is 0 Å². The van der Waals surface area contributed by atoms with Crippen LogP contribution in [0, 0.1) is 11.6 Å². The van der Waals surface area contributed by atoms with Crippen molar-refractivity contribution in [3.8, 4) is 11.3 Å². The van der Waals surface area contributed by atoms with E-state index < -0.39 is 17.6 Å². The van der Waals surface area contributed by atoms with Crippen LogP contribution in [-0.4, -0.2) is 44.9 Å². The van der Waals surface area contributed by atoms with Gasteiger partial charge in [0.15, 0.2) is 11.6 Å². The van der Waals surface area contributed by atoms with E-state index in [0.29, 0.717) is 54.5 Å². The highest BCUT2D eigenvalue weighted by molar-refractivity contribution is 5.98. The monoisotopic (exact) mass is 501 g/mol. The van der Waals surface area contributed by atoms with Gasteiger partial charge in [0, 0.05) is 36.6 Å². The molecule has 0 unspecified atom stereocenters. The molecule has 1 N–H and O–H groups in total. The molecule has 0 bridgehead atoms. The molecular formula is C29H25F2N3O3. The van der Waals surface area contributed by atoms with Crippen LogP contribution in [0.4, 0.5) is 8.78 Å². The molecule has 1 aromatic heterocycles. The Hall–Kier alpha value is -4.20. The zero-order valence-corrected chi connectivity index (χ0v) is 20.0. The number of nitrogens with zero attached hydrogens (tertiary/aromatic N) is 3. The highest BCUT2D eigenvalue weighted by Crippen LogP contribution is 2.30. The molecule has 0 atom stereocenters. The minimum absolute atomic E-state index is 0.0369. The summed E-state index contributed by atoms with van der Waals surface area (Å²) in [6.07, 6.45) is 1.86. The first-order chi connectivity index (χ1) is 17.9. The molecule has 0 saturated carbocycles. The summed E-state index contributed by atoms with van der Waals surface area (Å²) < 4.78 is 26.8. The summed E-state index contributed by atoms with van der Waals surface area (Å²) in [7, 11) is 0. The second-order valence-electron chi connectivity index (χ2n) is 9.27. The van der Waals surface area contributed by atoms with Gasteiger partial charge in [-0.1, -0.05) is 36.4 Å². The third-order valence-corrected chi connectivity index (χ3v) is 6.67. The topological polar surface area (TPSA) is 83.4 Å². The van der Waals surface area contributed by atoms with Crippen LogP contribution in [0.3, 0.4) is 0 Å². The predicted octanol–water partition coefficient (Wildman–Crippen LogP) is 5.61. The van der Waals surface area contributed by atoms with E-state index in [0.717, 1.165) is 23.0 Å². The van der Waals surface area contributed by atoms with Gasteiger partial charge in [0.25, 0.3) is 5.91 Å². The number of aromatic nitrogens is 2. The van der Waals surface area contributed by atoms with Crippen LogP contribution < -0.4 is 0 Å². The molecule has 1 aliphatic heterocycles. The lowest BCUT2D eigenvalue weighted by atomic mass is 9.90. The van der Waals surface area contributed by atoms with E-state index in [1.807, 2.05) is 30.3 Å². The van der Waals surface area contributed by atoms with Crippen molar-refractivity contribution in [3.63, 3.8) is 0 Å². The van der Waals surface area contributed by atoms with E-state index in [4.69, 9.17) is 15.1 Å². The lowest BCUT2D eigenvalue weighted by Crippen LogP contribution is -2.48. The van der Waals surface area contributed by atoms with Crippen LogP contribution in [0.1, 0.15) is 46.8 Å². The van der Waals surface area contributed by atoms with E-state index in [9.17, 15) is 18.4 Å². The Morgan fingerprint density at radius 1 is 0.892 bits per heavy atom. The third kappa shape index (κ3) is 5.33. The molecule has 0 aliphatic carbocycles. The first-order valence-electron chi connectivity index (χ1n) is 12.2. The average Bonchev–Trinajstić information content (AvgIpc) is 2.87. The van der Waals surface area contributed by atoms with Crippen LogP contribution in [-0.2, 0) is 11.2 Å². The number of carbonyl (C=O) groups is 2. The van der Waals surface area contributed by atoms with Gasteiger partial charge in [-0.25, -0.2) is 18.7 Å². The number of carbonyl (C=O) groups excluding carboxylic acids is 1. The number of aliphatic carboxylic acids is 1. The Bertz CT molecular complexity index is 1470. The van der Waals surface area contributed by atoms with Crippen molar-refractivity contribution in [2.75, 3.05) is 13.1 Å². The Kier molecular flexibility index (Phi) is 6.90. The Balaban J connectivity index is 1.37. The molecular weight excluding hydrogens is 476 g/mol. The number of rotatable bonds is 8. The summed E-state index contributed by atoms with van der Waals surface area (Å²) in [4.78, 5) is 35.3. The molecule has 0 radical (unpaired) electrons. The normalized spacial score (nSPS) is 13.5. The fourth-order valence-electron chi connectivity index (χ4n) is 4.60. The van der Waals surface area contributed by atoms with Crippen molar-refractivity contribution in [2.45, 2.75) is 31.6 Å². The van der Waals surface area contributed by atoms with Gasteiger partial charge < -0.3 is 10.0 Å². The molecule has 1 aliphatic rings. The number of halogens is 2. The van der Waals surface area contributed by atoms with Gasteiger partial charge in [-0.05, 0) is 55.2 Å². The number of amides is 1. The number of hydrogen-bond acceptors (Lipinski definition) is 4. The van der Waals surface area contributed by atoms with Gasteiger partial charge in [0.05, 0.1) is 22.4 Å². The second kappa shape index (κ2) is 10.4. The van der Waals surface area contributed by atoms with Crippen LogP contribution >= 0.6 is 0 Å². The summed E-state index contributed by atoms with van der Waals surface area (Å²) >= 11 is 0. The molecule has 8 heteroatoms. The zero-order valence-electron chi connectivity index (χ0n) is 20.0. The zero-order chi connectivity index (χ0) is 25.9. The summed E-state index contributed by atoms with van der Waals surface area (Å²) in [5.41, 5.74) is 4.84. The Labute approximate surface area is 212 Å². The standard InChI is InChI=1S/C29H25F2N3O3/c30-22-12-10-19(14-23(22)31)21-16-34(17-21)29(37)20-11-13-24-26(15-20)32-25(8-4-5-9-27(35)36)28(33-24)18-6-2-1-3-7-18/h1-3,6-7,10-15,21H,4-5,8-9,16-17H2,(H,35,36).